The van der Waals surface area contributed by atoms with Crippen LogP contribution in [0.15, 0.2) is 46.3 Å². The zero-order valence-corrected chi connectivity index (χ0v) is 22.7. The second-order valence-corrected chi connectivity index (χ2v) is 9.96. The molecule has 2 aromatic carbocycles. The molecule has 9 heteroatoms. The quantitative estimate of drug-likeness (QED) is 0.392. The van der Waals surface area contributed by atoms with E-state index >= 15 is 0 Å². The molecule has 0 bridgehead atoms. The predicted molar refractivity (Wildman–Crippen MR) is 148 cm³/mol. The van der Waals surface area contributed by atoms with Gasteiger partial charge in [0.1, 0.15) is 0 Å². The van der Waals surface area contributed by atoms with E-state index in [4.69, 9.17) is 30.8 Å². The first-order valence-electron chi connectivity index (χ1n) is 12.2. The average Bonchev–Trinajstić information content (AvgIpc) is 3.19. The lowest BCUT2D eigenvalue weighted by atomic mass is 10.1. The number of nitrogens with zero attached hydrogens (tertiary/aromatic N) is 3. The van der Waals surface area contributed by atoms with Gasteiger partial charge in [0.25, 0.3) is 5.91 Å². The van der Waals surface area contributed by atoms with Crippen LogP contribution in [-0.2, 0) is 9.53 Å². The van der Waals surface area contributed by atoms with Crippen molar-refractivity contribution in [1.82, 2.24) is 4.90 Å². The number of thioether (sulfide) groups is 1. The predicted octanol–water partition coefficient (Wildman–Crippen LogP) is 5.99. The minimum Gasteiger partial charge on any atom is -0.493 e. The smallest absolute Gasteiger partial charge is 0.266 e. The van der Waals surface area contributed by atoms with Gasteiger partial charge in [-0.25, -0.2) is 4.99 Å². The number of benzene rings is 2. The number of likely N-dealkylation sites (N-methyl/N-ethyl adjacent to an activating group) is 1. The molecule has 2 aliphatic rings. The van der Waals surface area contributed by atoms with Gasteiger partial charge in [0, 0.05) is 25.3 Å². The Labute approximate surface area is 222 Å². The fourth-order valence-electron chi connectivity index (χ4n) is 3.91. The maximum atomic E-state index is 13.1. The zero-order valence-electron chi connectivity index (χ0n) is 21.1. The molecule has 7 nitrogen and oxygen atoms in total. The fourth-order valence-corrected chi connectivity index (χ4v) is 5.24. The number of morpholine rings is 1. The number of carbonyl (C=O) groups is 1. The third-order valence-corrected chi connectivity index (χ3v) is 7.39. The van der Waals surface area contributed by atoms with E-state index in [1.165, 1.54) is 11.8 Å². The molecule has 2 aromatic rings. The Morgan fingerprint density at radius 1 is 1.19 bits per heavy atom. The van der Waals surface area contributed by atoms with E-state index in [2.05, 4.69) is 17.0 Å². The van der Waals surface area contributed by atoms with Crippen molar-refractivity contribution in [2.45, 2.75) is 33.3 Å². The molecule has 0 saturated carbocycles. The third-order valence-electron chi connectivity index (χ3n) is 6.10. The van der Waals surface area contributed by atoms with Crippen molar-refractivity contribution >= 4 is 51.9 Å². The molecule has 192 valence electrons. The summed E-state index contributed by atoms with van der Waals surface area (Å²) in [5, 5.41) is 1.10. The van der Waals surface area contributed by atoms with Crippen LogP contribution in [0.3, 0.4) is 0 Å². The SMILES string of the molecule is CC[C@@H](C)Oc1c(Cl)cc(/C=C2\SC(=Nc3ccc(N4CCOCC4)cc3)N(CC)C2=O)cc1OC. The van der Waals surface area contributed by atoms with Gasteiger partial charge >= 0.3 is 0 Å². The van der Waals surface area contributed by atoms with Crippen LogP contribution in [0.4, 0.5) is 11.4 Å². The monoisotopic (exact) mass is 529 g/mol. The number of halogens is 1. The topological polar surface area (TPSA) is 63.6 Å². The number of hydrogen-bond donors (Lipinski definition) is 0. The average molecular weight is 530 g/mol. The summed E-state index contributed by atoms with van der Waals surface area (Å²) < 4.78 is 16.9. The van der Waals surface area contributed by atoms with Gasteiger partial charge in [-0.2, -0.15) is 0 Å². The lowest BCUT2D eigenvalue weighted by Gasteiger charge is -2.28. The van der Waals surface area contributed by atoms with Crippen molar-refractivity contribution in [1.29, 1.82) is 0 Å². The molecule has 0 unspecified atom stereocenters. The first-order chi connectivity index (χ1) is 17.4. The van der Waals surface area contributed by atoms with Crippen molar-refractivity contribution in [3.05, 3.63) is 51.9 Å². The van der Waals surface area contributed by atoms with Gasteiger partial charge in [0.15, 0.2) is 16.7 Å². The minimum atomic E-state index is -0.0822. The summed E-state index contributed by atoms with van der Waals surface area (Å²) >= 11 is 7.88. The van der Waals surface area contributed by atoms with Gasteiger partial charge in [0.05, 0.1) is 42.0 Å². The molecule has 4 rings (SSSR count). The van der Waals surface area contributed by atoms with Crippen LogP contribution >= 0.6 is 23.4 Å². The van der Waals surface area contributed by atoms with Crippen LogP contribution in [0.1, 0.15) is 32.8 Å². The summed E-state index contributed by atoms with van der Waals surface area (Å²) in [4.78, 5) is 22.5. The Hall–Kier alpha value is -2.68. The Morgan fingerprint density at radius 2 is 1.92 bits per heavy atom. The highest BCUT2D eigenvalue weighted by atomic mass is 35.5. The molecule has 0 N–H and O–H groups in total. The van der Waals surface area contributed by atoms with E-state index in [1.54, 1.807) is 18.1 Å². The number of rotatable bonds is 8. The Morgan fingerprint density at radius 3 is 2.56 bits per heavy atom. The van der Waals surface area contributed by atoms with Crippen molar-refractivity contribution in [2.24, 2.45) is 4.99 Å². The van der Waals surface area contributed by atoms with Crippen molar-refractivity contribution in [3.63, 3.8) is 0 Å². The summed E-state index contributed by atoms with van der Waals surface area (Å²) in [6.07, 6.45) is 2.68. The van der Waals surface area contributed by atoms with Gasteiger partial charge in [0.2, 0.25) is 0 Å². The van der Waals surface area contributed by atoms with Crippen LogP contribution in [0.2, 0.25) is 5.02 Å². The molecule has 2 heterocycles. The third kappa shape index (κ3) is 5.99. The number of amides is 1. The second-order valence-electron chi connectivity index (χ2n) is 8.54. The maximum absolute atomic E-state index is 13.1. The van der Waals surface area contributed by atoms with Crippen molar-refractivity contribution in [3.8, 4) is 11.5 Å². The molecule has 1 amide bonds. The summed E-state index contributed by atoms with van der Waals surface area (Å²) in [6.45, 7) is 9.76. The van der Waals surface area contributed by atoms with Crippen LogP contribution < -0.4 is 14.4 Å². The van der Waals surface area contributed by atoms with Crippen molar-refractivity contribution < 1.29 is 19.0 Å². The second kappa shape index (κ2) is 12.0. The highest BCUT2D eigenvalue weighted by Crippen LogP contribution is 2.40. The molecule has 0 aromatic heterocycles. The van der Waals surface area contributed by atoms with Gasteiger partial charge in [-0.1, -0.05) is 18.5 Å². The summed E-state index contributed by atoms with van der Waals surface area (Å²) in [5.74, 6) is 0.965. The first-order valence-corrected chi connectivity index (χ1v) is 13.4. The molecule has 0 aliphatic carbocycles. The Bertz CT molecular complexity index is 1150. The molecule has 36 heavy (non-hydrogen) atoms. The number of ether oxygens (including phenoxy) is 3. The molecule has 1 atom stereocenters. The number of anilines is 1. The van der Waals surface area contributed by atoms with E-state index in [9.17, 15) is 4.79 Å². The van der Waals surface area contributed by atoms with Crippen LogP contribution in [0, 0.1) is 0 Å². The van der Waals surface area contributed by atoms with E-state index in [0.717, 1.165) is 49.7 Å². The van der Waals surface area contributed by atoms with E-state index in [0.29, 0.717) is 33.1 Å². The highest BCUT2D eigenvalue weighted by molar-refractivity contribution is 8.18. The molecule has 2 aliphatic heterocycles. The van der Waals surface area contributed by atoms with E-state index < -0.39 is 0 Å². The lowest BCUT2D eigenvalue weighted by molar-refractivity contribution is -0.122. The number of aliphatic imine (C=N–C) groups is 1. The largest absolute Gasteiger partial charge is 0.493 e. The Kier molecular flexibility index (Phi) is 8.82. The van der Waals surface area contributed by atoms with Crippen LogP contribution in [0.25, 0.3) is 6.08 Å². The lowest BCUT2D eigenvalue weighted by Crippen LogP contribution is -2.36. The molecular weight excluding hydrogens is 498 g/mol. The number of carbonyl (C=O) groups excluding carboxylic acids is 1. The van der Waals surface area contributed by atoms with Gasteiger partial charge < -0.3 is 19.1 Å². The highest BCUT2D eigenvalue weighted by Gasteiger charge is 2.32. The van der Waals surface area contributed by atoms with Crippen LogP contribution in [0.5, 0.6) is 11.5 Å². The van der Waals surface area contributed by atoms with Gasteiger partial charge in [-0.15, -0.1) is 0 Å². The molecule has 2 fully saturated rings. The summed E-state index contributed by atoms with van der Waals surface area (Å²) in [5.41, 5.74) is 2.71. The van der Waals surface area contributed by atoms with E-state index in [-0.39, 0.29) is 12.0 Å². The summed E-state index contributed by atoms with van der Waals surface area (Å²) in [7, 11) is 1.58. The van der Waals surface area contributed by atoms with Crippen molar-refractivity contribution in [2.75, 3.05) is 44.9 Å². The maximum Gasteiger partial charge on any atom is 0.266 e. The van der Waals surface area contributed by atoms with Gasteiger partial charge in [-0.05, 0) is 80.1 Å². The first kappa shape index (κ1) is 26.4. The van der Waals surface area contributed by atoms with Crippen LogP contribution in [-0.4, -0.2) is 62.0 Å². The molecule has 2 saturated heterocycles. The zero-order chi connectivity index (χ0) is 25.7. The minimum absolute atomic E-state index is 0.00684. The normalized spacial score (nSPS) is 19.3. The molecule has 0 radical (unpaired) electrons. The van der Waals surface area contributed by atoms with Gasteiger partial charge in [-0.3, -0.25) is 9.69 Å². The van der Waals surface area contributed by atoms with E-state index in [1.807, 2.05) is 45.0 Å². The number of methoxy groups -OCH3 is 1. The number of hydrogen-bond acceptors (Lipinski definition) is 7. The Balaban J connectivity index is 1.56. The summed E-state index contributed by atoms with van der Waals surface area (Å²) in [6, 6.07) is 11.7. The number of amidine groups is 1. The fraction of sp³-hybridized carbons (Fsp3) is 0.407. The standard InChI is InChI=1S/C27H32ClN3O4S/c1-5-18(3)35-25-22(28)15-19(16-23(25)33-4)17-24-26(32)31(6-2)27(36-24)29-20-7-9-21(10-8-20)30-11-13-34-14-12-30/h7-10,15-18H,5-6,11-14H2,1-4H3/b24-17-,29-27?/t18-/m1/s1. The molecular formula is C27H32ClN3O4S. The molecule has 0 spiro atoms.